The first-order chi connectivity index (χ1) is 20.9. The minimum atomic E-state index is -0.946. The molecule has 0 saturated heterocycles. The van der Waals surface area contributed by atoms with E-state index in [9.17, 15) is 19.1 Å². The molecule has 0 saturated carbocycles. The van der Waals surface area contributed by atoms with Crippen LogP contribution in [0.5, 0.6) is 5.75 Å². The van der Waals surface area contributed by atoms with E-state index in [1.165, 1.54) is 22.6 Å². The maximum atomic E-state index is 13.1. The number of ether oxygens (including phenoxy) is 1. The van der Waals surface area contributed by atoms with Crippen molar-refractivity contribution in [3.8, 4) is 5.75 Å². The molecule has 0 aromatic heterocycles. The molecule has 8 heteroatoms. The third-order valence-corrected chi connectivity index (χ3v) is 7.58. The summed E-state index contributed by atoms with van der Waals surface area (Å²) in [5.74, 6) is -1.10. The van der Waals surface area contributed by atoms with E-state index in [0.717, 1.165) is 73.3 Å². The lowest BCUT2D eigenvalue weighted by Crippen LogP contribution is -3.11. The molecule has 232 valence electrons. The Bertz CT molecular complexity index is 1460. The van der Waals surface area contributed by atoms with Crippen LogP contribution in [0, 0.1) is 5.82 Å². The quantitative estimate of drug-likeness (QED) is 0.158. The number of quaternary nitrogens is 1. The molecular weight excluding hydrogens is 581 g/mol. The lowest BCUT2D eigenvalue weighted by molar-refractivity contribution is -0.914. The van der Waals surface area contributed by atoms with Crippen LogP contribution in [0.2, 0.25) is 0 Å². The van der Waals surface area contributed by atoms with Crippen LogP contribution in [0.4, 0.5) is 4.39 Å². The number of carboxylic acid groups (broad SMARTS) is 2. The molecule has 0 spiro atoms. The molecule has 0 radical (unpaired) electrons. The number of hydrogen-bond acceptors (Lipinski definition) is 3. The first-order valence-electron chi connectivity index (χ1n) is 14.8. The van der Waals surface area contributed by atoms with E-state index in [4.69, 9.17) is 9.84 Å². The number of unbranched alkanes of at least 4 members (excludes halogenated alkanes) is 1. The average Bonchev–Trinajstić information content (AvgIpc) is 3.01. The smallest absolute Gasteiger partial charge is 0.335 e. The fraction of sp³-hybridized carbons (Fsp3) is 0.278. The van der Waals surface area contributed by atoms with Gasteiger partial charge in [0.05, 0.1) is 18.7 Å². The monoisotopic (exact) mass is 619 g/mol. The molecule has 1 unspecified atom stereocenters. The van der Waals surface area contributed by atoms with E-state index in [0.29, 0.717) is 13.0 Å². The van der Waals surface area contributed by atoms with Crippen LogP contribution in [0.1, 0.15) is 57.4 Å². The van der Waals surface area contributed by atoms with Gasteiger partial charge in [-0.3, -0.25) is 4.79 Å². The Morgan fingerprint density at radius 3 is 1.91 bits per heavy atom. The van der Waals surface area contributed by atoms with Gasteiger partial charge in [-0.1, -0.05) is 66.7 Å². The SMILES string of the molecule is O=C(O)CCCC[NH+](CCc1ccccc1OCc1ccc(CCc2ccc(F)cc2)cc1)Cc1ccc(C(=O)O)cc1.[Cl-]. The second-order valence-corrected chi connectivity index (χ2v) is 10.9. The van der Waals surface area contributed by atoms with Crippen LogP contribution in [-0.4, -0.2) is 35.2 Å². The number of hydrogen-bond donors (Lipinski definition) is 3. The molecule has 3 N–H and O–H groups in total. The van der Waals surface area contributed by atoms with Crippen molar-refractivity contribution in [2.24, 2.45) is 0 Å². The molecule has 0 aliphatic heterocycles. The Kier molecular flexibility index (Phi) is 13.9. The van der Waals surface area contributed by atoms with Gasteiger partial charge in [-0.25, -0.2) is 9.18 Å². The summed E-state index contributed by atoms with van der Waals surface area (Å²) < 4.78 is 19.4. The number of aromatic carboxylic acids is 1. The standard InChI is InChI=1S/C36H38FNO5.ClH/c37-33-20-16-28(17-21-33)9-8-27-10-12-30(13-11-27)26-43-34-6-2-1-5-31(34)22-24-38(23-4-3-7-35(39)40)25-29-14-18-32(19-15-29)36(41)42;/h1-2,5-6,10-21H,3-4,7-9,22-26H2,(H,39,40)(H,41,42);1H. The number of carbonyl (C=O) groups is 2. The maximum absolute atomic E-state index is 13.1. The second kappa shape index (κ2) is 17.8. The predicted octanol–water partition coefficient (Wildman–Crippen LogP) is 2.77. The number of para-hydroxylation sites is 1. The minimum absolute atomic E-state index is 0. The van der Waals surface area contributed by atoms with E-state index in [1.54, 1.807) is 12.1 Å². The fourth-order valence-corrected chi connectivity index (χ4v) is 5.07. The van der Waals surface area contributed by atoms with E-state index < -0.39 is 11.9 Å². The highest BCUT2D eigenvalue weighted by molar-refractivity contribution is 5.87. The number of rotatable bonds is 17. The van der Waals surface area contributed by atoms with Crippen LogP contribution in [0.25, 0.3) is 0 Å². The van der Waals surface area contributed by atoms with Crippen LogP contribution in [0.3, 0.4) is 0 Å². The van der Waals surface area contributed by atoms with Crippen molar-refractivity contribution >= 4 is 11.9 Å². The molecule has 0 aliphatic carbocycles. The van der Waals surface area contributed by atoms with Crippen LogP contribution >= 0.6 is 0 Å². The van der Waals surface area contributed by atoms with Crippen molar-refractivity contribution in [2.75, 3.05) is 13.1 Å². The average molecular weight is 620 g/mol. The normalized spacial score (nSPS) is 11.4. The van der Waals surface area contributed by atoms with Gasteiger partial charge in [0.1, 0.15) is 24.7 Å². The molecular formula is C36H39ClFNO5. The molecule has 0 fully saturated rings. The highest BCUT2D eigenvalue weighted by Gasteiger charge is 2.14. The van der Waals surface area contributed by atoms with E-state index in [2.05, 4.69) is 30.3 Å². The van der Waals surface area contributed by atoms with Gasteiger partial charge < -0.3 is 32.3 Å². The van der Waals surface area contributed by atoms with Crippen molar-refractivity contribution in [3.63, 3.8) is 0 Å². The molecule has 1 atom stereocenters. The second-order valence-electron chi connectivity index (χ2n) is 10.9. The summed E-state index contributed by atoms with van der Waals surface area (Å²) in [4.78, 5) is 23.5. The third-order valence-electron chi connectivity index (χ3n) is 7.58. The fourth-order valence-electron chi connectivity index (χ4n) is 5.07. The maximum Gasteiger partial charge on any atom is 0.335 e. The minimum Gasteiger partial charge on any atom is -1.00 e. The Morgan fingerprint density at radius 2 is 1.27 bits per heavy atom. The number of nitrogens with one attached hydrogen (secondary N) is 1. The lowest BCUT2D eigenvalue weighted by Gasteiger charge is -2.21. The zero-order valence-electron chi connectivity index (χ0n) is 24.7. The molecule has 6 nitrogen and oxygen atoms in total. The van der Waals surface area contributed by atoms with E-state index >= 15 is 0 Å². The summed E-state index contributed by atoms with van der Waals surface area (Å²) in [5.41, 5.74) is 5.83. The van der Waals surface area contributed by atoms with Crippen LogP contribution in [-0.2, 0) is 37.2 Å². The Morgan fingerprint density at radius 1 is 0.682 bits per heavy atom. The number of aliphatic carboxylic acids is 1. The Labute approximate surface area is 264 Å². The van der Waals surface area contributed by atoms with Gasteiger partial charge in [-0.15, -0.1) is 0 Å². The van der Waals surface area contributed by atoms with Gasteiger partial charge in [-0.05, 0) is 78.3 Å². The molecule has 0 heterocycles. The first-order valence-corrected chi connectivity index (χ1v) is 14.8. The van der Waals surface area contributed by atoms with E-state index in [-0.39, 0.29) is 30.2 Å². The number of aryl methyl sites for hydroxylation is 2. The molecule has 4 rings (SSSR count). The van der Waals surface area contributed by atoms with Crippen LogP contribution in [0.15, 0.2) is 97.1 Å². The van der Waals surface area contributed by atoms with Gasteiger partial charge >= 0.3 is 11.9 Å². The third kappa shape index (κ3) is 11.5. The number of halogens is 2. The van der Waals surface area contributed by atoms with E-state index in [1.807, 2.05) is 42.5 Å². The van der Waals surface area contributed by atoms with Gasteiger partial charge in [-0.2, -0.15) is 0 Å². The molecule has 4 aromatic carbocycles. The predicted molar refractivity (Wildman–Crippen MR) is 164 cm³/mol. The summed E-state index contributed by atoms with van der Waals surface area (Å²) in [6, 6.07) is 30.1. The number of carboxylic acids is 2. The summed E-state index contributed by atoms with van der Waals surface area (Å²) in [6.45, 7) is 2.84. The summed E-state index contributed by atoms with van der Waals surface area (Å²) >= 11 is 0. The largest absolute Gasteiger partial charge is 1.00 e. The lowest BCUT2D eigenvalue weighted by atomic mass is 10.0. The van der Waals surface area contributed by atoms with Crippen molar-refractivity contribution < 1.29 is 46.2 Å². The summed E-state index contributed by atoms with van der Waals surface area (Å²) in [5, 5.41) is 18.2. The van der Waals surface area contributed by atoms with Gasteiger partial charge in [0, 0.05) is 18.4 Å². The van der Waals surface area contributed by atoms with Crippen molar-refractivity contribution in [3.05, 3.63) is 136 Å². The van der Waals surface area contributed by atoms with Crippen molar-refractivity contribution in [1.82, 2.24) is 0 Å². The highest BCUT2D eigenvalue weighted by Crippen LogP contribution is 2.20. The van der Waals surface area contributed by atoms with Gasteiger partial charge in [0.15, 0.2) is 0 Å². The zero-order valence-corrected chi connectivity index (χ0v) is 25.4. The Balaban J connectivity index is 0.00000529. The van der Waals surface area contributed by atoms with Crippen molar-refractivity contribution in [2.45, 2.75) is 51.7 Å². The highest BCUT2D eigenvalue weighted by atomic mass is 35.5. The topological polar surface area (TPSA) is 88.3 Å². The van der Waals surface area contributed by atoms with Gasteiger partial charge in [0.25, 0.3) is 0 Å². The summed E-state index contributed by atoms with van der Waals surface area (Å²) in [7, 11) is 0. The van der Waals surface area contributed by atoms with Crippen LogP contribution < -0.4 is 22.0 Å². The molecule has 0 amide bonds. The molecule has 0 aliphatic rings. The zero-order chi connectivity index (χ0) is 30.4. The van der Waals surface area contributed by atoms with Gasteiger partial charge in [0.2, 0.25) is 0 Å². The molecule has 0 bridgehead atoms. The Hall–Kier alpha value is -4.20. The molecule has 4 aromatic rings. The molecule has 44 heavy (non-hydrogen) atoms. The summed E-state index contributed by atoms with van der Waals surface area (Å²) in [6.07, 6.45) is 4.12. The first kappa shape index (κ1) is 34.3. The van der Waals surface area contributed by atoms with Crippen molar-refractivity contribution in [1.29, 1.82) is 0 Å². The number of benzene rings is 4.